The van der Waals surface area contributed by atoms with E-state index in [9.17, 15) is 9.59 Å². The molecule has 14 rings (SSSR count). The number of allylic oxidation sites excluding steroid dienone is 2. The number of fused-ring (bicyclic) bond motifs is 1. The standard InChI is InChI=1S/C76H66N4O6/c1-47-11-3-21-65(77-47)67-23-7-19-61(79-67)45-85-69-41-59-39-55(17-9-37-83-71(81)43-57-31-29-53-27-25-49-13-5-15-51-33-35-63(57)75(53)73(49)51)56(40-60(59)42-70(69)86-46-62-20-8-24-68(80-62)66-22-4-12-48(2)78-66)18-10-38-84-72(82)44-58-32-30-54-28-26-50-14-6-16-52-34-36-64(58)76(54)74(50)52/h3-36,55-56,59-60,69-70H,37-46H2,1-2H3/b17-9+,18-10+/t55-,56-,59-,60+,69+,70+/m1/s1. The third kappa shape index (κ3) is 11.4. The zero-order valence-electron chi connectivity index (χ0n) is 48.4. The Balaban J connectivity index is 0.698. The molecule has 10 nitrogen and oxygen atoms in total. The van der Waals surface area contributed by atoms with Gasteiger partial charge in [0.25, 0.3) is 0 Å². The zero-order chi connectivity index (χ0) is 58.1. The maximum Gasteiger partial charge on any atom is 0.310 e. The summed E-state index contributed by atoms with van der Waals surface area (Å²) in [7, 11) is 0. The number of hydrogen-bond donors (Lipinski definition) is 0. The van der Waals surface area contributed by atoms with E-state index in [1.807, 2.05) is 98.8 Å². The molecular weight excluding hydrogens is 1060 g/mol. The molecule has 0 N–H and O–H groups in total. The molecule has 0 aliphatic heterocycles. The molecule has 4 aromatic heterocycles. The van der Waals surface area contributed by atoms with Crippen LogP contribution in [0.1, 0.15) is 59.6 Å². The van der Waals surface area contributed by atoms with Crippen LogP contribution in [0.25, 0.3) is 87.4 Å². The van der Waals surface area contributed by atoms with Gasteiger partial charge in [-0.25, -0.2) is 9.97 Å². The first kappa shape index (κ1) is 54.7. The molecule has 0 radical (unpaired) electrons. The van der Waals surface area contributed by atoms with E-state index in [2.05, 4.69) is 121 Å². The fraction of sp³-hybridized carbons (Fsp3) is 0.237. The quantitative estimate of drug-likeness (QED) is 0.0466. The third-order valence-electron chi connectivity index (χ3n) is 18.0. The number of carbonyl (C=O) groups is 2. The van der Waals surface area contributed by atoms with E-state index in [4.69, 9.17) is 38.9 Å². The topological polar surface area (TPSA) is 123 Å². The van der Waals surface area contributed by atoms with Crippen LogP contribution < -0.4 is 0 Å². The lowest BCUT2D eigenvalue weighted by molar-refractivity contribution is -0.142. The van der Waals surface area contributed by atoms with Crippen molar-refractivity contribution in [3.05, 3.63) is 240 Å². The molecule has 2 saturated carbocycles. The maximum absolute atomic E-state index is 13.7. The molecule has 4 heterocycles. The van der Waals surface area contributed by atoms with Crippen molar-refractivity contribution in [3.8, 4) is 22.8 Å². The smallest absolute Gasteiger partial charge is 0.310 e. The van der Waals surface area contributed by atoms with Crippen molar-refractivity contribution in [2.24, 2.45) is 23.7 Å². The Bertz CT molecular complexity index is 4220. The molecule has 0 spiro atoms. The second kappa shape index (κ2) is 24.0. The summed E-state index contributed by atoms with van der Waals surface area (Å²) in [5, 5.41) is 14.1. The maximum atomic E-state index is 13.7. The van der Waals surface area contributed by atoms with Crippen LogP contribution in [0.5, 0.6) is 0 Å². The lowest BCUT2D eigenvalue weighted by Gasteiger charge is -2.47. The first-order valence-corrected chi connectivity index (χ1v) is 30.2. The number of aryl methyl sites for hydroxylation is 2. The molecule has 0 bridgehead atoms. The van der Waals surface area contributed by atoms with E-state index >= 15 is 0 Å². The highest BCUT2D eigenvalue weighted by atomic mass is 16.5. The number of esters is 2. The fourth-order valence-electron chi connectivity index (χ4n) is 13.9. The Morgan fingerprint density at radius 3 is 1.19 bits per heavy atom. The number of benzene rings is 8. The number of carbonyl (C=O) groups excluding carboxylic acids is 2. The highest BCUT2D eigenvalue weighted by Gasteiger charge is 2.44. The lowest BCUT2D eigenvalue weighted by atomic mass is 9.62. The molecule has 0 saturated heterocycles. The summed E-state index contributed by atoms with van der Waals surface area (Å²) >= 11 is 0. The Labute approximate surface area is 500 Å². The molecule has 2 aliphatic rings. The Kier molecular flexibility index (Phi) is 15.3. The number of rotatable bonds is 18. The van der Waals surface area contributed by atoms with Crippen molar-refractivity contribution in [1.29, 1.82) is 0 Å². The fourth-order valence-corrected chi connectivity index (χ4v) is 13.9. The van der Waals surface area contributed by atoms with Gasteiger partial charge in [0.05, 0.1) is 72.4 Å². The number of nitrogens with zero attached hydrogens (tertiary/aromatic N) is 4. The van der Waals surface area contributed by atoms with Gasteiger partial charge >= 0.3 is 11.9 Å². The normalized spacial score (nSPS) is 19.0. The van der Waals surface area contributed by atoms with Gasteiger partial charge in [-0.3, -0.25) is 19.6 Å². The van der Waals surface area contributed by atoms with Gasteiger partial charge < -0.3 is 18.9 Å². The Morgan fingerprint density at radius 1 is 0.407 bits per heavy atom. The predicted octanol–water partition coefficient (Wildman–Crippen LogP) is 16.2. The molecule has 0 amide bonds. The number of pyridine rings is 4. The SMILES string of the molecule is Cc1cccc(-c2cccc(CO[C@H]3C[C@H]4C[C@@H](/C=C/COC(=O)Cc5ccc6ccc7cccc8ccc5c6c78)[C@H](/C=C/COC(=O)Cc5ccc6ccc7cccc8ccc5c6c78)C[C@H]4C[C@@H]3OCc3cccc(-c4cccc(C)n4)n3)n2)n1. The number of ether oxygens (including phenoxy) is 4. The highest BCUT2D eigenvalue weighted by molar-refractivity contribution is 6.25. The second-order valence-electron chi connectivity index (χ2n) is 23.6. The van der Waals surface area contributed by atoms with Crippen molar-refractivity contribution in [2.75, 3.05) is 13.2 Å². The molecule has 426 valence electrons. The van der Waals surface area contributed by atoms with E-state index in [1.165, 1.54) is 43.1 Å². The third-order valence-corrected chi connectivity index (χ3v) is 18.0. The van der Waals surface area contributed by atoms with Crippen LogP contribution in [0.3, 0.4) is 0 Å². The van der Waals surface area contributed by atoms with Gasteiger partial charge in [-0.05, 0) is 187 Å². The van der Waals surface area contributed by atoms with Gasteiger partial charge in [0.15, 0.2) is 0 Å². The van der Waals surface area contributed by atoms with Crippen molar-refractivity contribution in [1.82, 2.24) is 19.9 Å². The molecule has 10 heteroatoms. The average Bonchev–Trinajstić information content (AvgIpc) is 1.33. The van der Waals surface area contributed by atoms with Gasteiger partial charge in [-0.15, -0.1) is 0 Å². The van der Waals surface area contributed by atoms with Crippen molar-refractivity contribution in [3.63, 3.8) is 0 Å². The molecule has 6 atom stereocenters. The molecular formula is C76H66N4O6. The summed E-state index contributed by atoms with van der Waals surface area (Å²) in [5.74, 6) is 0.356. The van der Waals surface area contributed by atoms with E-state index in [1.54, 1.807) is 0 Å². The predicted molar refractivity (Wildman–Crippen MR) is 342 cm³/mol. The minimum Gasteiger partial charge on any atom is -0.461 e. The van der Waals surface area contributed by atoms with Gasteiger partial charge in [0.1, 0.15) is 13.2 Å². The molecule has 12 aromatic rings. The van der Waals surface area contributed by atoms with Crippen LogP contribution in [-0.2, 0) is 54.6 Å². The Hall–Kier alpha value is -9.22. The molecule has 2 aliphatic carbocycles. The van der Waals surface area contributed by atoms with Crippen molar-refractivity contribution >= 4 is 76.6 Å². The molecule has 8 aromatic carbocycles. The van der Waals surface area contributed by atoms with Crippen LogP contribution in [0.2, 0.25) is 0 Å². The molecule has 0 unspecified atom stereocenters. The minimum atomic E-state index is -0.268. The van der Waals surface area contributed by atoms with Gasteiger partial charge in [0, 0.05) is 11.4 Å². The lowest BCUT2D eigenvalue weighted by Crippen LogP contribution is -2.45. The van der Waals surface area contributed by atoms with E-state index in [0.29, 0.717) is 25.0 Å². The van der Waals surface area contributed by atoms with E-state index in [0.717, 1.165) is 104 Å². The summed E-state index contributed by atoms with van der Waals surface area (Å²) in [4.78, 5) is 46.9. The first-order valence-electron chi connectivity index (χ1n) is 30.2. The van der Waals surface area contributed by atoms with Gasteiger partial charge in [-0.2, -0.15) is 0 Å². The monoisotopic (exact) mass is 1130 g/mol. The zero-order valence-corrected chi connectivity index (χ0v) is 48.4. The minimum absolute atomic E-state index is 0.122. The van der Waals surface area contributed by atoms with E-state index < -0.39 is 0 Å². The summed E-state index contributed by atoms with van der Waals surface area (Å²) in [6.45, 7) is 4.93. The van der Waals surface area contributed by atoms with Gasteiger partial charge in [0.2, 0.25) is 0 Å². The second-order valence-corrected chi connectivity index (χ2v) is 23.6. The first-order chi connectivity index (χ1) is 42.2. The average molecular weight is 1130 g/mol. The largest absolute Gasteiger partial charge is 0.461 e. The van der Waals surface area contributed by atoms with Crippen LogP contribution in [-0.4, -0.2) is 57.3 Å². The number of aromatic nitrogens is 4. The molecule has 86 heavy (non-hydrogen) atoms. The van der Waals surface area contributed by atoms with Gasteiger partial charge in [-0.1, -0.05) is 158 Å². The summed E-state index contributed by atoms with van der Waals surface area (Å²) < 4.78 is 25.9. The summed E-state index contributed by atoms with van der Waals surface area (Å²) in [5.41, 5.74) is 8.69. The Morgan fingerprint density at radius 2 is 0.767 bits per heavy atom. The summed E-state index contributed by atoms with van der Waals surface area (Å²) in [6, 6.07) is 62.4. The van der Waals surface area contributed by atoms with Crippen molar-refractivity contribution < 1.29 is 28.5 Å². The van der Waals surface area contributed by atoms with Crippen LogP contribution in [0.15, 0.2) is 206 Å². The highest BCUT2D eigenvalue weighted by Crippen LogP contribution is 2.48. The van der Waals surface area contributed by atoms with Crippen LogP contribution >= 0.6 is 0 Å². The van der Waals surface area contributed by atoms with Crippen LogP contribution in [0, 0.1) is 37.5 Å². The van der Waals surface area contributed by atoms with Crippen molar-refractivity contribution in [2.45, 2.75) is 77.8 Å². The molecule has 2 fully saturated rings. The van der Waals surface area contributed by atoms with E-state index in [-0.39, 0.29) is 62.0 Å². The number of hydrogen-bond acceptors (Lipinski definition) is 10. The van der Waals surface area contributed by atoms with Crippen LogP contribution in [0.4, 0.5) is 0 Å². The summed E-state index contributed by atoms with van der Waals surface area (Å²) in [6.07, 6.45) is 11.8.